The predicted octanol–water partition coefficient (Wildman–Crippen LogP) is 1.93. The molecule has 1 aliphatic carbocycles. The van der Waals surface area contributed by atoms with Gasteiger partial charge in [0.05, 0.1) is 5.69 Å². The van der Waals surface area contributed by atoms with E-state index in [-0.39, 0.29) is 0 Å². The Morgan fingerprint density at radius 3 is 2.93 bits per heavy atom. The smallest absolute Gasteiger partial charge is 0.122 e. The lowest BCUT2D eigenvalue weighted by Crippen LogP contribution is -2.33. The van der Waals surface area contributed by atoms with E-state index in [1.54, 1.807) is 6.20 Å². The molecule has 0 saturated heterocycles. The quantitative estimate of drug-likeness (QED) is 0.766. The number of rotatable bonds is 3. The van der Waals surface area contributed by atoms with Crippen molar-refractivity contribution in [3.63, 3.8) is 0 Å². The SMILES string of the molecule is CC1CC(Nc2ccnc(C(N)=S)c2)C1. The molecule has 3 N–H and O–H groups in total. The Bertz CT molecular complexity index is 372. The molecular formula is C11H15N3S. The van der Waals surface area contributed by atoms with Crippen LogP contribution in [0, 0.1) is 5.92 Å². The Hall–Kier alpha value is -1.16. The minimum atomic E-state index is 0.348. The van der Waals surface area contributed by atoms with Crippen molar-refractivity contribution in [3.05, 3.63) is 24.0 Å². The van der Waals surface area contributed by atoms with E-state index in [1.807, 2.05) is 12.1 Å². The fourth-order valence-electron chi connectivity index (χ4n) is 1.91. The lowest BCUT2D eigenvalue weighted by molar-refractivity contribution is 0.309. The van der Waals surface area contributed by atoms with Crippen LogP contribution in [-0.4, -0.2) is 16.0 Å². The summed E-state index contributed by atoms with van der Waals surface area (Å²) >= 11 is 4.88. The van der Waals surface area contributed by atoms with Crippen LogP contribution < -0.4 is 11.1 Å². The summed E-state index contributed by atoms with van der Waals surface area (Å²) in [6.45, 7) is 2.27. The second-order valence-electron chi connectivity index (χ2n) is 4.21. The zero-order valence-electron chi connectivity index (χ0n) is 8.73. The first-order valence-corrected chi connectivity index (χ1v) is 5.58. The van der Waals surface area contributed by atoms with Crippen LogP contribution in [0.15, 0.2) is 18.3 Å². The van der Waals surface area contributed by atoms with Gasteiger partial charge >= 0.3 is 0 Å². The summed E-state index contributed by atoms with van der Waals surface area (Å²) in [5, 5.41) is 3.45. The van der Waals surface area contributed by atoms with Crippen LogP contribution in [0.3, 0.4) is 0 Å². The van der Waals surface area contributed by atoms with Gasteiger partial charge in [0.2, 0.25) is 0 Å². The van der Waals surface area contributed by atoms with Gasteiger partial charge in [-0.25, -0.2) is 0 Å². The zero-order chi connectivity index (χ0) is 10.8. The molecule has 0 aliphatic heterocycles. The molecule has 0 amide bonds. The molecule has 1 saturated carbocycles. The molecule has 1 fully saturated rings. The normalized spacial score (nSPS) is 24.3. The maximum Gasteiger partial charge on any atom is 0.122 e. The van der Waals surface area contributed by atoms with Crippen LogP contribution in [0.25, 0.3) is 0 Å². The molecule has 2 rings (SSSR count). The summed E-state index contributed by atoms with van der Waals surface area (Å²) in [5.74, 6) is 0.847. The highest BCUT2D eigenvalue weighted by molar-refractivity contribution is 7.80. The van der Waals surface area contributed by atoms with E-state index in [2.05, 4.69) is 17.2 Å². The fraction of sp³-hybridized carbons (Fsp3) is 0.455. The average molecular weight is 221 g/mol. The van der Waals surface area contributed by atoms with Gasteiger partial charge < -0.3 is 11.1 Å². The van der Waals surface area contributed by atoms with Gasteiger partial charge in [0.25, 0.3) is 0 Å². The van der Waals surface area contributed by atoms with Crippen molar-refractivity contribution in [2.45, 2.75) is 25.8 Å². The summed E-state index contributed by atoms with van der Waals surface area (Å²) < 4.78 is 0. The van der Waals surface area contributed by atoms with E-state index < -0.39 is 0 Å². The van der Waals surface area contributed by atoms with E-state index in [0.717, 1.165) is 11.6 Å². The largest absolute Gasteiger partial charge is 0.388 e. The van der Waals surface area contributed by atoms with Crippen LogP contribution >= 0.6 is 12.2 Å². The van der Waals surface area contributed by atoms with Crippen LogP contribution in [0.4, 0.5) is 5.69 Å². The van der Waals surface area contributed by atoms with Gasteiger partial charge in [-0.2, -0.15) is 0 Å². The minimum absolute atomic E-state index is 0.348. The highest BCUT2D eigenvalue weighted by Gasteiger charge is 2.24. The van der Waals surface area contributed by atoms with Gasteiger partial charge in [0, 0.05) is 17.9 Å². The number of pyridine rings is 1. The molecule has 0 bridgehead atoms. The van der Waals surface area contributed by atoms with E-state index in [1.165, 1.54) is 12.8 Å². The molecule has 1 aromatic heterocycles. The van der Waals surface area contributed by atoms with Crippen LogP contribution in [-0.2, 0) is 0 Å². The number of hydrogen-bond acceptors (Lipinski definition) is 3. The first kappa shape index (κ1) is 10.4. The van der Waals surface area contributed by atoms with Crippen molar-refractivity contribution in [2.24, 2.45) is 11.7 Å². The third-order valence-electron chi connectivity index (χ3n) is 2.76. The van der Waals surface area contributed by atoms with Gasteiger partial charge in [-0.3, -0.25) is 4.98 Å². The van der Waals surface area contributed by atoms with Gasteiger partial charge in [-0.15, -0.1) is 0 Å². The second kappa shape index (κ2) is 4.14. The monoisotopic (exact) mass is 221 g/mol. The van der Waals surface area contributed by atoms with Gasteiger partial charge in [-0.05, 0) is 30.9 Å². The van der Waals surface area contributed by atoms with Crippen molar-refractivity contribution in [1.29, 1.82) is 0 Å². The zero-order valence-corrected chi connectivity index (χ0v) is 9.55. The molecule has 80 valence electrons. The topological polar surface area (TPSA) is 50.9 Å². The van der Waals surface area contributed by atoms with Crippen LogP contribution in [0.5, 0.6) is 0 Å². The number of nitrogens with one attached hydrogen (secondary N) is 1. The van der Waals surface area contributed by atoms with Gasteiger partial charge in [-0.1, -0.05) is 19.1 Å². The van der Waals surface area contributed by atoms with E-state index in [4.69, 9.17) is 18.0 Å². The molecule has 0 radical (unpaired) electrons. The highest BCUT2D eigenvalue weighted by atomic mass is 32.1. The van der Waals surface area contributed by atoms with Gasteiger partial charge in [0.15, 0.2) is 0 Å². The van der Waals surface area contributed by atoms with Crippen molar-refractivity contribution >= 4 is 22.9 Å². The highest BCUT2D eigenvalue weighted by Crippen LogP contribution is 2.29. The average Bonchev–Trinajstić information content (AvgIpc) is 2.16. The Kier molecular flexibility index (Phi) is 2.86. The molecule has 3 nitrogen and oxygen atoms in total. The van der Waals surface area contributed by atoms with Crippen molar-refractivity contribution in [2.75, 3.05) is 5.32 Å². The Balaban J connectivity index is 2.02. The third kappa shape index (κ3) is 2.45. The number of anilines is 1. The van der Waals surface area contributed by atoms with Crippen LogP contribution in [0.2, 0.25) is 0 Å². The molecule has 0 atom stereocenters. The standard InChI is InChI=1S/C11H15N3S/c1-7-4-9(5-7)14-8-2-3-13-10(6-8)11(12)15/h2-3,6-7,9H,4-5H2,1H3,(H2,12,15)(H,13,14). The predicted molar refractivity (Wildman–Crippen MR) is 65.9 cm³/mol. The summed E-state index contributed by atoms with van der Waals surface area (Å²) in [6.07, 6.45) is 4.22. The second-order valence-corrected chi connectivity index (χ2v) is 4.65. The summed E-state index contributed by atoms with van der Waals surface area (Å²) in [6, 6.07) is 4.46. The maximum atomic E-state index is 5.52. The minimum Gasteiger partial charge on any atom is -0.388 e. The molecule has 4 heteroatoms. The van der Waals surface area contributed by atoms with Crippen LogP contribution in [0.1, 0.15) is 25.5 Å². The van der Waals surface area contributed by atoms with E-state index in [9.17, 15) is 0 Å². The van der Waals surface area contributed by atoms with Crippen molar-refractivity contribution < 1.29 is 0 Å². The first-order valence-electron chi connectivity index (χ1n) is 5.17. The van der Waals surface area contributed by atoms with E-state index >= 15 is 0 Å². The number of hydrogen-bond donors (Lipinski definition) is 2. The molecule has 15 heavy (non-hydrogen) atoms. The molecular weight excluding hydrogens is 206 g/mol. The fourth-order valence-corrected chi connectivity index (χ4v) is 2.02. The molecule has 0 aromatic carbocycles. The first-order chi connectivity index (χ1) is 7.15. The molecule has 0 spiro atoms. The van der Waals surface area contributed by atoms with Gasteiger partial charge in [0.1, 0.15) is 4.99 Å². The number of nitrogens with zero attached hydrogens (tertiary/aromatic N) is 1. The summed E-state index contributed by atoms with van der Waals surface area (Å²) in [4.78, 5) is 4.45. The lowest BCUT2D eigenvalue weighted by atomic mass is 9.82. The Morgan fingerprint density at radius 1 is 1.60 bits per heavy atom. The maximum absolute atomic E-state index is 5.52. The van der Waals surface area contributed by atoms with Crippen molar-refractivity contribution in [1.82, 2.24) is 4.98 Å². The molecule has 1 aliphatic rings. The number of thiocarbonyl (C=S) groups is 1. The number of nitrogens with two attached hydrogens (primary N) is 1. The summed E-state index contributed by atoms with van der Waals surface area (Å²) in [5.41, 5.74) is 7.27. The molecule has 0 unspecified atom stereocenters. The Morgan fingerprint density at radius 2 is 2.33 bits per heavy atom. The number of aromatic nitrogens is 1. The summed E-state index contributed by atoms with van der Waals surface area (Å²) in [7, 11) is 0. The Labute approximate surface area is 95.1 Å². The van der Waals surface area contributed by atoms with Crippen molar-refractivity contribution in [3.8, 4) is 0 Å². The molecule has 1 heterocycles. The van der Waals surface area contributed by atoms with E-state index in [0.29, 0.717) is 16.7 Å². The third-order valence-corrected chi connectivity index (χ3v) is 2.97. The lowest BCUT2D eigenvalue weighted by Gasteiger charge is -2.34. The molecule has 1 aromatic rings.